The smallest absolute Gasteiger partial charge is 0.337 e. The summed E-state index contributed by atoms with van der Waals surface area (Å²) in [7, 11) is 1.41. The van der Waals surface area contributed by atoms with Crippen molar-refractivity contribution in [1.82, 2.24) is 4.90 Å². The van der Waals surface area contributed by atoms with Gasteiger partial charge in [-0.25, -0.2) is 4.79 Å². The molecule has 27 heavy (non-hydrogen) atoms. The maximum absolute atomic E-state index is 13.1. The first-order valence-corrected chi connectivity index (χ1v) is 9.65. The third kappa shape index (κ3) is 2.16. The van der Waals surface area contributed by atoms with Crippen LogP contribution in [0.5, 0.6) is 0 Å². The number of ether oxygens (including phenoxy) is 2. The van der Waals surface area contributed by atoms with Gasteiger partial charge in [0.15, 0.2) is 0 Å². The van der Waals surface area contributed by atoms with Gasteiger partial charge in [-0.15, -0.1) is 0 Å². The Labute approximate surface area is 158 Å². The molecule has 4 heterocycles. The number of methoxy groups -OCH3 is 1. The highest BCUT2D eigenvalue weighted by Gasteiger charge is 2.61. The van der Waals surface area contributed by atoms with Gasteiger partial charge in [-0.2, -0.15) is 0 Å². The molecule has 2 fully saturated rings. The summed E-state index contributed by atoms with van der Waals surface area (Å²) >= 11 is 0. The summed E-state index contributed by atoms with van der Waals surface area (Å²) in [6, 6.07) is 8.10. The molecule has 0 aromatic heterocycles. The predicted molar refractivity (Wildman–Crippen MR) is 99.0 cm³/mol. The maximum atomic E-state index is 13.1. The van der Waals surface area contributed by atoms with E-state index >= 15 is 0 Å². The third-order valence-electron chi connectivity index (χ3n) is 7.14. The minimum absolute atomic E-state index is 0.0468. The summed E-state index contributed by atoms with van der Waals surface area (Å²) in [5, 5.41) is 3.09. The molecule has 6 heteroatoms. The van der Waals surface area contributed by atoms with Crippen molar-refractivity contribution in [2.45, 2.75) is 37.3 Å². The molecule has 0 bridgehead atoms. The number of rotatable bonds is 1. The van der Waals surface area contributed by atoms with E-state index in [4.69, 9.17) is 9.47 Å². The van der Waals surface area contributed by atoms with Crippen LogP contribution in [0.4, 0.5) is 5.69 Å². The van der Waals surface area contributed by atoms with E-state index in [0.717, 1.165) is 37.2 Å². The topological polar surface area (TPSA) is 67.9 Å². The number of benzene rings is 1. The molecule has 5 atom stereocenters. The SMILES string of the molecule is COC(=O)C1=CO[C@@H](C)C2CN3CC[C@]4(C(=O)Nc5ccccc54)C3C[C@H]12. The van der Waals surface area contributed by atoms with Crippen molar-refractivity contribution in [1.29, 1.82) is 0 Å². The first-order chi connectivity index (χ1) is 13.1. The molecule has 4 aliphatic rings. The molecule has 1 aromatic carbocycles. The van der Waals surface area contributed by atoms with Gasteiger partial charge in [0, 0.05) is 30.1 Å². The van der Waals surface area contributed by atoms with Gasteiger partial charge >= 0.3 is 5.97 Å². The second kappa shape index (κ2) is 5.83. The maximum Gasteiger partial charge on any atom is 0.337 e. The van der Waals surface area contributed by atoms with Crippen molar-refractivity contribution >= 4 is 17.6 Å². The fourth-order valence-corrected chi connectivity index (χ4v) is 5.77. The molecule has 4 aliphatic heterocycles. The van der Waals surface area contributed by atoms with Crippen LogP contribution in [-0.2, 0) is 24.5 Å². The van der Waals surface area contributed by atoms with Gasteiger partial charge in [-0.3, -0.25) is 9.69 Å². The van der Waals surface area contributed by atoms with E-state index in [-0.39, 0.29) is 35.9 Å². The summed E-state index contributed by atoms with van der Waals surface area (Å²) in [6.07, 6.45) is 3.20. The normalized spacial score (nSPS) is 37.0. The third-order valence-corrected chi connectivity index (χ3v) is 7.14. The van der Waals surface area contributed by atoms with Crippen LogP contribution in [0, 0.1) is 11.8 Å². The van der Waals surface area contributed by atoms with Gasteiger partial charge in [-0.05, 0) is 37.9 Å². The van der Waals surface area contributed by atoms with Crippen molar-refractivity contribution in [3.8, 4) is 0 Å². The van der Waals surface area contributed by atoms with Crippen LogP contribution in [0.1, 0.15) is 25.3 Å². The van der Waals surface area contributed by atoms with Gasteiger partial charge in [0.1, 0.15) is 0 Å². The Bertz CT molecular complexity index is 850. The Hall–Kier alpha value is -2.34. The van der Waals surface area contributed by atoms with E-state index in [9.17, 15) is 9.59 Å². The molecule has 1 N–H and O–H groups in total. The monoisotopic (exact) mass is 368 g/mol. The molecule has 0 aliphatic carbocycles. The van der Waals surface area contributed by atoms with Gasteiger partial charge < -0.3 is 14.8 Å². The van der Waals surface area contributed by atoms with Crippen LogP contribution in [0.25, 0.3) is 0 Å². The van der Waals surface area contributed by atoms with Crippen LogP contribution in [0.3, 0.4) is 0 Å². The quantitative estimate of drug-likeness (QED) is 0.769. The fraction of sp³-hybridized carbons (Fsp3) is 0.524. The molecule has 1 spiro atoms. The number of carbonyl (C=O) groups is 2. The summed E-state index contributed by atoms with van der Waals surface area (Å²) in [5.74, 6) is 0.0558. The number of nitrogens with one attached hydrogen (secondary N) is 1. The van der Waals surface area contributed by atoms with Crippen LogP contribution < -0.4 is 5.32 Å². The van der Waals surface area contributed by atoms with Crippen LogP contribution >= 0.6 is 0 Å². The lowest BCUT2D eigenvalue weighted by molar-refractivity contribution is -0.139. The lowest BCUT2D eigenvalue weighted by Crippen LogP contribution is -2.56. The van der Waals surface area contributed by atoms with E-state index in [2.05, 4.69) is 23.2 Å². The second-order valence-corrected chi connectivity index (χ2v) is 8.14. The van der Waals surface area contributed by atoms with Crippen molar-refractivity contribution in [2.24, 2.45) is 11.8 Å². The Morgan fingerprint density at radius 2 is 2.19 bits per heavy atom. The highest BCUT2D eigenvalue weighted by atomic mass is 16.5. The molecule has 2 saturated heterocycles. The molecule has 0 saturated carbocycles. The average molecular weight is 368 g/mol. The first-order valence-electron chi connectivity index (χ1n) is 9.65. The number of amides is 1. The Balaban J connectivity index is 1.55. The van der Waals surface area contributed by atoms with Crippen LogP contribution in [0.2, 0.25) is 0 Å². The highest BCUT2D eigenvalue weighted by molar-refractivity contribution is 6.07. The molecule has 2 unspecified atom stereocenters. The number of nitrogens with zero attached hydrogens (tertiary/aromatic N) is 1. The van der Waals surface area contributed by atoms with E-state index in [0.29, 0.717) is 5.57 Å². The molecule has 1 aromatic rings. The van der Waals surface area contributed by atoms with E-state index in [1.54, 1.807) is 6.26 Å². The van der Waals surface area contributed by atoms with E-state index < -0.39 is 5.41 Å². The minimum Gasteiger partial charge on any atom is -0.497 e. The minimum atomic E-state index is -0.523. The number of hydrogen-bond acceptors (Lipinski definition) is 5. The molecular weight excluding hydrogens is 344 g/mol. The largest absolute Gasteiger partial charge is 0.497 e. The fourth-order valence-electron chi connectivity index (χ4n) is 5.77. The van der Waals surface area contributed by atoms with Crippen molar-refractivity contribution in [3.05, 3.63) is 41.7 Å². The number of piperidine rings is 1. The van der Waals surface area contributed by atoms with Gasteiger partial charge in [0.2, 0.25) is 5.91 Å². The molecule has 142 valence electrons. The number of hydrogen-bond donors (Lipinski definition) is 1. The number of esters is 1. The molecule has 1 amide bonds. The number of fused-ring (bicyclic) bond motifs is 5. The molecule has 5 rings (SSSR count). The lowest BCUT2D eigenvalue weighted by atomic mass is 9.66. The van der Waals surface area contributed by atoms with Gasteiger partial charge in [0.25, 0.3) is 0 Å². The molecular formula is C21H24N2O4. The predicted octanol–water partition coefficient (Wildman–Crippen LogP) is 2.06. The summed E-state index contributed by atoms with van der Waals surface area (Å²) in [5.41, 5.74) is 2.11. The van der Waals surface area contributed by atoms with Crippen LogP contribution in [-0.4, -0.2) is 49.1 Å². The van der Waals surface area contributed by atoms with E-state index in [1.165, 1.54) is 7.11 Å². The zero-order valence-electron chi connectivity index (χ0n) is 15.6. The first kappa shape index (κ1) is 16.8. The number of anilines is 1. The standard InChI is InChI=1S/C21H24N2O4/c1-12-14-10-23-8-7-21(16-5-3-4-6-17(16)22-20(21)25)18(23)9-13(14)15(11-27-12)19(24)26-2/h3-6,11-14,18H,7-10H2,1-2H3,(H,22,25)/t12-,13-,14?,18?,21+/m0/s1. The highest BCUT2D eigenvalue weighted by Crippen LogP contribution is 2.53. The zero-order chi connectivity index (χ0) is 18.8. The number of carbonyl (C=O) groups excluding carboxylic acids is 2. The zero-order valence-corrected chi connectivity index (χ0v) is 15.6. The van der Waals surface area contributed by atoms with Crippen molar-refractivity contribution in [3.63, 3.8) is 0 Å². The summed E-state index contributed by atoms with van der Waals surface area (Å²) < 4.78 is 10.8. The van der Waals surface area contributed by atoms with Crippen molar-refractivity contribution in [2.75, 3.05) is 25.5 Å². The molecule has 0 radical (unpaired) electrons. The Kier molecular flexibility index (Phi) is 3.63. The van der Waals surface area contributed by atoms with Gasteiger partial charge in [0.05, 0.1) is 30.5 Å². The number of para-hydroxylation sites is 1. The lowest BCUT2D eigenvalue weighted by Gasteiger charge is -2.48. The summed E-state index contributed by atoms with van der Waals surface area (Å²) in [4.78, 5) is 27.9. The van der Waals surface area contributed by atoms with E-state index in [1.807, 2.05) is 18.2 Å². The Morgan fingerprint density at radius 3 is 3.00 bits per heavy atom. The van der Waals surface area contributed by atoms with Gasteiger partial charge in [-0.1, -0.05) is 18.2 Å². The summed E-state index contributed by atoms with van der Waals surface area (Å²) in [6.45, 7) is 3.79. The molecule has 6 nitrogen and oxygen atoms in total. The second-order valence-electron chi connectivity index (χ2n) is 8.14. The van der Waals surface area contributed by atoms with Crippen LogP contribution in [0.15, 0.2) is 36.1 Å². The van der Waals surface area contributed by atoms with Crippen molar-refractivity contribution < 1.29 is 19.1 Å². The Morgan fingerprint density at radius 1 is 1.37 bits per heavy atom. The average Bonchev–Trinajstić information content (AvgIpc) is 3.20.